The topological polar surface area (TPSA) is 85.4 Å². The fourth-order valence-electron chi connectivity index (χ4n) is 4.97. The van der Waals surface area contributed by atoms with Gasteiger partial charge in [0, 0.05) is 30.6 Å². The van der Waals surface area contributed by atoms with Crippen LogP contribution in [0.15, 0.2) is 36.5 Å². The van der Waals surface area contributed by atoms with Crippen LogP contribution in [0, 0.1) is 13.8 Å². The van der Waals surface area contributed by atoms with Crippen molar-refractivity contribution in [3.05, 3.63) is 64.5 Å². The van der Waals surface area contributed by atoms with Gasteiger partial charge in [0.25, 0.3) is 0 Å². The number of nitrogens with zero attached hydrogens (tertiary/aromatic N) is 4. The molecule has 4 aromatic rings. The zero-order valence-corrected chi connectivity index (χ0v) is 23.7. The number of benzene rings is 2. The second-order valence-electron chi connectivity index (χ2n) is 10.5. The van der Waals surface area contributed by atoms with E-state index in [0.717, 1.165) is 78.3 Å². The maximum atomic E-state index is 6.39. The predicted octanol–water partition coefficient (Wildman–Crippen LogP) is 5.61. The molecule has 0 atom stereocenters. The van der Waals surface area contributed by atoms with Crippen molar-refractivity contribution >= 4 is 10.9 Å². The van der Waals surface area contributed by atoms with Gasteiger partial charge in [0.05, 0.1) is 36.2 Å². The second kappa shape index (κ2) is 12.1. The van der Waals surface area contributed by atoms with Crippen LogP contribution in [0.3, 0.4) is 0 Å². The Morgan fingerprint density at radius 1 is 1.05 bits per heavy atom. The number of aryl methyl sites for hydroxylation is 3. The van der Waals surface area contributed by atoms with Crippen molar-refractivity contribution in [2.45, 2.75) is 53.6 Å². The van der Waals surface area contributed by atoms with E-state index in [1.54, 1.807) is 0 Å². The van der Waals surface area contributed by atoms with Crippen molar-refractivity contribution in [3.63, 3.8) is 0 Å². The number of aromatic nitrogens is 4. The van der Waals surface area contributed by atoms with Crippen molar-refractivity contribution < 1.29 is 14.2 Å². The van der Waals surface area contributed by atoms with E-state index < -0.39 is 0 Å². The number of rotatable bonds is 10. The van der Waals surface area contributed by atoms with Gasteiger partial charge in [-0.15, -0.1) is 0 Å². The summed E-state index contributed by atoms with van der Waals surface area (Å²) in [4.78, 5) is 12.3. The maximum absolute atomic E-state index is 6.39. The van der Waals surface area contributed by atoms with E-state index in [4.69, 9.17) is 24.2 Å². The molecule has 1 aliphatic rings. The molecule has 0 spiro atoms. The van der Waals surface area contributed by atoms with Crippen molar-refractivity contribution in [2.75, 3.05) is 39.5 Å². The third-order valence-corrected chi connectivity index (χ3v) is 7.49. The summed E-state index contributed by atoms with van der Waals surface area (Å²) in [5, 5.41) is 8.36. The molecular weight excluding hydrogens is 490 g/mol. The highest BCUT2D eigenvalue weighted by molar-refractivity contribution is 5.94. The molecule has 39 heavy (non-hydrogen) atoms. The van der Waals surface area contributed by atoms with Crippen LogP contribution in [0.4, 0.5) is 0 Å². The number of hydrogen-bond donors (Lipinski definition) is 1. The van der Waals surface area contributed by atoms with E-state index in [1.165, 1.54) is 11.1 Å². The average Bonchev–Trinajstić information content (AvgIpc) is 3.42. The quantitative estimate of drug-likeness (QED) is 0.286. The summed E-state index contributed by atoms with van der Waals surface area (Å²) in [5.41, 5.74) is 7.20. The van der Waals surface area contributed by atoms with Gasteiger partial charge in [0.1, 0.15) is 19.0 Å². The number of ether oxygens (including phenoxy) is 3. The van der Waals surface area contributed by atoms with Crippen LogP contribution in [0.1, 0.15) is 54.6 Å². The van der Waals surface area contributed by atoms with Gasteiger partial charge in [-0.2, -0.15) is 10.1 Å². The molecule has 206 valence electrons. The molecule has 1 saturated heterocycles. The Kier molecular flexibility index (Phi) is 8.43. The van der Waals surface area contributed by atoms with Crippen LogP contribution in [-0.4, -0.2) is 64.5 Å². The highest BCUT2D eigenvalue weighted by Gasteiger charge is 2.20. The molecule has 1 N–H and O–H groups in total. The molecule has 5 rings (SSSR count). The minimum absolute atomic E-state index is 0.331. The van der Waals surface area contributed by atoms with Gasteiger partial charge in [-0.1, -0.05) is 39.0 Å². The molecule has 0 bridgehead atoms. The smallest absolute Gasteiger partial charge is 0.224 e. The second-order valence-corrected chi connectivity index (χ2v) is 10.5. The summed E-state index contributed by atoms with van der Waals surface area (Å²) in [5.74, 6) is 2.53. The fourth-order valence-corrected chi connectivity index (χ4v) is 4.97. The Morgan fingerprint density at radius 3 is 2.64 bits per heavy atom. The van der Waals surface area contributed by atoms with Crippen molar-refractivity contribution in [1.29, 1.82) is 0 Å². The highest BCUT2D eigenvalue weighted by Crippen LogP contribution is 2.33. The Morgan fingerprint density at radius 2 is 1.87 bits per heavy atom. The number of fused-ring (bicyclic) bond motifs is 1. The third-order valence-electron chi connectivity index (χ3n) is 7.49. The van der Waals surface area contributed by atoms with Gasteiger partial charge in [0.2, 0.25) is 5.88 Å². The minimum atomic E-state index is 0.331. The lowest BCUT2D eigenvalue weighted by Gasteiger charge is -2.26. The summed E-state index contributed by atoms with van der Waals surface area (Å²) in [6, 6.07) is 10.6. The predicted molar refractivity (Wildman–Crippen MR) is 154 cm³/mol. The maximum Gasteiger partial charge on any atom is 0.224 e. The summed E-state index contributed by atoms with van der Waals surface area (Å²) in [7, 11) is 0. The van der Waals surface area contributed by atoms with Gasteiger partial charge in [0.15, 0.2) is 5.82 Å². The molecular formula is C31H39N5O3. The van der Waals surface area contributed by atoms with Gasteiger partial charge < -0.3 is 14.2 Å². The van der Waals surface area contributed by atoms with Gasteiger partial charge >= 0.3 is 0 Å². The number of morpholine rings is 1. The van der Waals surface area contributed by atoms with Crippen LogP contribution >= 0.6 is 0 Å². The van der Waals surface area contributed by atoms with Gasteiger partial charge in [-0.25, -0.2) is 4.98 Å². The summed E-state index contributed by atoms with van der Waals surface area (Å²) >= 11 is 0. The van der Waals surface area contributed by atoms with Crippen molar-refractivity contribution in [2.24, 2.45) is 0 Å². The first-order chi connectivity index (χ1) is 18.9. The van der Waals surface area contributed by atoms with Crippen molar-refractivity contribution in [1.82, 2.24) is 25.1 Å². The minimum Gasteiger partial charge on any atom is -0.488 e. The van der Waals surface area contributed by atoms with E-state index in [0.29, 0.717) is 30.8 Å². The molecule has 3 heterocycles. The zero-order valence-electron chi connectivity index (χ0n) is 23.7. The first-order valence-electron chi connectivity index (χ1n) is 13.9. The van der Waals surface area contributed by atoms with Crippen molar-refractivity contribution in [3.8, 4) is 23.0 Å². The Hall–Kier alpha value is -3.49. The zero-order chi connectivity index (χ0) is 27.4. The summed E-state index contributed by atoms with van der Waals surface area (Å²) in [6.45, 7) is 15.6. The Balaban J connectivity index is 1.48. The van der Waals surface area contributed by atoms with Gasteiger partial charge in [-0.05, 0) is 55.0 Å². The molecule has 0 radical (unpaired) electrons. The molecule has 2 aromatic heterocycles. The molecule has 0 amide bonds. The SMILES string of the molecule is CCc1ccc2[nH]ncc2c1-c1nc(C)c(COc2cc(C(C)C)ccc2C)c(OCCN2CCOCC2)n1. The van der Waals surface area contributed by atoms with E-state index in [-0.39, 0.29) is 0 Å². The molecule has 8 nitrogen and oxygen atoms in total. The number of aromatic amines is 1. The normalized spacial score (nSPS) is 14.3. The molecule has 1 fully saturated rings. The highest BCUT2D eigenvalue weighted by atomic mass is 16.5. The number of nitrogens with one attached hydrogen (secondary N) is 1. The van der Waals surface area contributed by atoms with Crippen LogP contribution in [0.2, 0.25) is 0 Å². The molecule has 8 heteroatoms. The lowest BCUT2D eigenvalue weighted by atomic mass is 10.0. The van der Waals surface area contributed by atoms with Gasteiger partial charge in [-0.3, -0.25) is 10.00 Å². The van der Waals surface area contributed by atoms with E-state index >= 15 is 0 Å². The lowest BCUT2D eigenvalue weighted by molar-refractivity contribution is 0.0319. The molecule has 0 aliphatic carbocycles. The Bertz CT molecular complexity index is 1430. The summed E-state index contributed by atoms with van der Waals surface area (Å²) < 4.78 is 18.3. The van der Waals surface area contributed by atoms with Crippen LogP contribution in [0.5, 0.6) is 11.6 Å². The van der Waals surface area contributed by atoms with Crippen LogP contribution in [-0.2, 0) is 17.8 Å². The fraction of sp³-hybridized carbons (Fsp3) is 0.452. The summed E-state index contributed by atoms with van der Waals surface area (Å²) in [6.07, 6.45) is 2.71. The third kappa shape index (κ3) is 6.07. The largest absolute Gasteiger partial charge is 0.488 e. The standard InChI is InChI=1S/C31H39N5O3/c1-6-23-9-10-27-25(18-32-35-27)29(23)30-33-22(5)26(19-39-28-17-24(20(2)3)8-7-21(28)4)31(34-30)38-16-13-36-11-14-37-15-12-36/h7-10,17-18,20H,6,11-16,19H2,1-5H3,(H,32,35). The average molecular weight is 530 g/mol. The first-order valence-corrected chi connectivity index (χ1v) is 13.9. The number of H-pyrrole nitrogens is 1. The molecule has 2 aromatic carbocycles. The number of hydrogen-bond acceptors (Lipinski definition) is 7. The van der Waals surface area contributed by atoms with E-state index in [2.05, 4.69) is 73.1 Å². The Labute approximate surface area is 230 Å². The van der Waals surface area contributed by atoms with E-state index in [1.807, 2.05) is 13.1 Å². The van der Waals surface area contributed by atoms with E-state index in [9.17, 15) is 0 Å². The molecule has 0 unspecified atom stereocenters. The van der Waals surface area contributed by atoms with Crippen LogP contribution < -0.4 is 9.47 Å². The van der Waals surface area contributed by atoms with Crippen LogP contribution in [0.25, 0.3) is 22.3 Å². The first kappa shape index (κ1) is 27.1. The monoisotopic (exact) mass is 529 g/mol. The molecule has 0 saturated carbocycles. The lowest BCUT2D eigenvalue weighted by Crippen LogP contribution is -2.38. The molecule has 1 aliphatic heterocycles.